The molecule has 114 valence electrons. The lowest BCUT2D eigenvalue weighted by atomic mass is 10.2. The van der Waals surface area contributed by atoms with Crippen LogP contribution in [0, 0.1) is 0 Å². The first-order chi connectivity index (χ1) is 9.00. The maximum atomic E-state index is 12.7. The molecule has 0 aromatic carbocycles. The lowest BCUT2D eigenvalue weighted by Gasteiger charge is -2.31. The number of nitrogens with one attached hydrogen (secondary N) is 1. The van der Waals surface area contributed by atoms with Crippen molar-refractivity contribution >= 4 is 10.2 Å². The van der Waals surface area contributed by atoms with E-state index in [4.69, 9.17) is 0 Å². The van der Waals surface area contributed by atoms with Gasteiger partial charge in [-0.2, -0.15) is 17.0 Å². The van der Waals surface area contributed by atoms with Crippen molar-refractivity contribution in [2.75, 3.05) is 32.7 Å². The summed E-state index contributed by atoms with van der Waals surface area (Å²) in [5.41, 5.74) is 0. The maximum Gasteiger partial charge on any atom is 0.282 e. The molecule has 1 N–H and O–H groups in total. The zero-order valence-corrected chi connectivity index (χ0v) is 13.4. The summed E-state index contributed by atoms with van der Waals surface area (Å²) < 4.78 is 28.7. The molecule has 0 unspecified atom stereocenters. The predicted molar refractivity (Wildman–Crippen MR) is 79.3 cm³/mol. The SMILES string of the molecule is CCCCCN(C(C)C)S(=O)(=O)N1CCCNCC1. The first-order valence-corrected chi connectivity index (χ1v) is 8.87. The lowest BCUT2D eigenvalue weighted by Crippen LogP contribution is -2.48. The van der Waals surface area contributed by atoms with Crippen LogP contribution >= 0.6 is 0 Å². The minimum atomic E-state index is -3.30. The standard InChI is InChI=1S/C13H29N3O2S/c1-4-5-6-11-16(13(2)3)19(17,18)15-10-7-8-14-9-12-15/h13-14H,4-12H2,1-3H3. The van der Waals surface area contributed by atoms with Gasteiger partial charge in [-0.3, -0.25) is 0 Å². The van der Waals surface area contributed by atoms with Crippen LogP contribution in [-0.4, -0.2) is 55.8 Å². The molecule has 0 aliphatic carbocycles. The van der Waals surface area contributed by atoms with E-state index in [0.29, 0.717) is 19.6 Å². The van der Waals surface area contributed by atoms with E-state index >= 15 is 0 Å². The molecule has 1 aliphatic rings. The Morgan fingerprint density at radius 1 is 1.21 bits per heavy atom. The number of hydrogen-bond acceptors (Lipinski definition) is 3. The van der Waals surface area contributed by atoms with Crippen molar-refractivity contribution in [2.24, 2.45) is 0 Å². The van der Waals surface area contributed by atoms with Gasteiger partial charge in [0.15, 0.2) is 0 Å². The molecule has 1 rings (SSSR count). The second kappa shape index (κ2) is 8.19. The van der Waals surface area contributed by atoms with Gasteiger partial charge in [0.1, 0.15) is 0 Å². The van der Waals surface area contributed by atoms with Crippen LogP contribution in [0.2, 0.25) is 0 Å². The molecule has 0 saturated carbocycles. The summed E-state index contributed by atoms with van der Waals surface area (Å²) in [7, 11) is -3.30. The van der Waals surface area contributed by atoms with Crippen LogP contribution in [0.1, 0.15) is 46.5 Å². The number of hydrogen-bond donors (Lipinski definition) is 1. The van der Waals surface area contributed by atoms with Gasteiger partial charge >= 0.3 is 0 Å². The number of rotatable bonds is 7. The minimum absolute atomic E-state index is 0.0260. The van der Waals surface area contributed by atoms with Crippen molar-refractivity contribution in [3.05, 3.63) is 0 Å². The molecule has 0 radical (unpaired) electrons. The van der Waals surface area contributed by atoms with Crippen molar-refractivity contribution < 1.29 is 8.42 Å². The Bertz CT molecular complexity index is 336. The minimum Gasteiger partial charge on any atom is -0.315 e. The molecule has 0 aromatic rings. The molecule has 0 spiro atoms. The van der Waals surface area contributed by atoms with Gasteiger partial charge in [-0.25, -0.2) is 0 Å². The van der Waals surface area contributed by atoms with Crippen LogP contribution < -0.4 is 5.32 Å². The van der Waals surface area contributed by atoms with Crippen LogP contribution in [0.25, 0.3) is 0 Å². The van der Waals surface area contributed by atoms with E-state index < -0.39 is 10.2 Å². The summed E-state index contributed by atoms with van der Waals surface area (Å²) >= 11 is 0. The highest BCUT2D eigenvalue weighted by atomic mass is 32.2. The highest BCUT2D eigenvalue weighted by Gasteiger charge is 2.31. The molecular weight excluding hydrogens is 262 g/mol. The summed E-state index contributed by atoms with van der Waals surface area (Å²) in [5.74, 6) is 0. The highest BCUT2D eigenvalue weighted by Crippen LogP contribution is 2.15. The summed E-state index contributed by atoms with van der Waals surface area (Å²) in [6.07, 6.45) is 4.03. The third-order valence-corrected chi connectivity index (χ3v) is 5.69. The molecular formula is C13H29N3O2S. The van der Waals surface area contributed by atoms with Crippen LogP contribution in [0.5, 0.6) is 0 Å². The van der Waals surface area contributed by atoms with Gasteiger partial charge in [0.05, 0.1) is 0 Å². The van der Waals surface area contributed by atoms with Gasteiger partial charge in [0, 0.05) is 32.2 Å². The topological polar surface area (TPSA) is 52.7 Å². The zero-order chi connectivity index (χ0) is 14.3. The third-order valence-electron chi connectivity index (χ3n) is 3.48. The van der Waals surface area contributed by atoms with E-state index in [1.54, 1.807) is 8.61 Å². The van der Waals surface area contributed by atoms with Gasteiger partial charge in [0.25, 0.3) is 10.2 Å². The molecule has 0 amide bonds. The zero-order valence-electron chi connectivity index (χ0n) is 12.6. The van der Waals surface area contributed by atoms with Crippen molar-refractivity contribution in [1.82, 2.24) is 13.9 Å². The van der Waals surface area contributed by atoms with E-state index in [2.05, 4.69) is 12.2 Å². The smallest absolute Gasteiger partial charge is 0.282 e. The van der Waals surface area contributed by atoms with E-state index in [-0.39, 0.29) is 6.04 Å². The summed E-state index contributed by atoms with van der Waals surface area (Å²) in [5, 5.41) is 3.25. The molecule has 1 aliphatic heterocycles. The lowest BCUT2D eigenvalue weighted by molar-refractivity contribution is 0.303. The quantitative estimate of drug-likeness (QED) is 0.722. The average molecular weight is 291 g/mol. The van der Waals surface area contributed by atoms with Crippen LogP contribution in [-0.2, 0) is 10.2 Å². The Labute approximate surface area is 118 Å². The van der Waals surface area contributed by atoms with Gasteiger partial charge in [-0.15, -0.1) is 0 Å². The molecule has 1 fully saturated rings. The molecule has 1 heterocycles. The Morgan fingerprint density at radius 2 is 1.95 bits per heavy atom. The molecule has 6 heteroatoms. The summed E-state index contributed by atoms with van der Waals surface area (Å²) in [6.45, 7) is 9.56. The molecule has 1 saturated heterocycles. The molecule has 0 atom stereocenters. The van der Waals surface area contributed by atoms with Crippen molar-refractivity contribution in [3.63, 3.8) is 0 Å². The van der Waals surface area contributed by atoms with Gasteiger partial charge in [0.2, 0.25) is 0 Å². The summed E-state index contributed by atoms with van der Waals surface area (Å²) in [6, 6.07) is 0.0260. The molecule has 0 bridgehead atoms. The fourth-order valence-corrected chi connectivity index (χ4v) is 4.23. The Balaban J connectivity index is 2.73. The van der Waals surface area contributed by atoms with Crippen LogP contribution in [0.3, 0.4) is 0 Å². The van der Waals surface area contributed by atoms with Gasteiger partial charge in [-0.05, 0) is 33.2 Å². The molecule has 19 heavy (non-hydrogen) atoms. The van der Waals surface area contributed by atoms with E-state index in [1.807, 2.05) is 13.8 Å². The normalized spacial score (nSPS) is 19.0. The average Bonchev–Trinajstić information content (AvgIpc) is 2.63. The highest BCUT2D eigenvalue weighted by molar-refractivity contribution is 7.86. The van der Waals surface area contributed by atoms with Crippen molar-refractivity contribution in [3.8, 4) is 0 Å². The number of unbranched alkanes of at least 4 members (excludes halogenated alkanes) is 2. The second-order valence-electron chi connectivity index (χ2n) is 5.42. The maximum absolute atomic E-state index is 12.7. The third kappa shape index (κ3) is 5.02. The van der Waals surface area contributed by atoms with Gasteiger partial charge in [-0.1, -0.05) is 19.8 Å². The Kier molecular flexibility index (Phi) is 7.28. The Hall–Kier alpha value is -0.170. The van der Waals surface area contributed by atoms with Crippen LogP contribution in [0.15, 0.2) is 0 Å². The Morgan fingerprint density at radius 3 is 2.58 bits per heavy atom. The van der Waals surface area contributed by atoms with Crippen molar-refractivity contribution in [2.45, 2.75) is 52.5 Å². The largest absolute Gasteiger partial charge is 0.315 e. The van der Waals surface area contributed by atoms with E-state index in [1.165, 1.54) is 0 Å². The fraction of sp³-hybridized carbons (Fsp3) is 1.00. The summed E-state index contributed by atoms with van der Waals surface area (Å²) in [4.78, 5) is 0. The molecule has 5 nitrogen and oxygen atoms in total. The fourth-order valence-electron chi connectivity index (χ4n) is 2.36. The monoisotopic (exact) mass is 291 g/mol. The van der Waals surface area contributed by atoms with Gasteiger partial charge < -0.3 is 5.32 Å². The number of nitrogens with zero attached hydrogens (tertiary/aromatic N) is 2. The first-order valence-electron chi connectivity index (χ1n) is 7.47. The molecule has 0 aromatic heterocycles. The van der Waals surface area contributed by atoms with E-state index in [0.717, 1.165) is 38.8 Å². The van der Waals surface area contributed by atoms with Crippen LogP contribution in [0.4, 0.5) is 0 Å². The second-order valence-corrected chi connectivity index (χ2v) is 7.30. The predicted octanol–water partition coefficient (Wildman–Crippen LogP) is 1.43. The van der Waals surface area contributed by atoms with E-state index in [9.17, 15) is 8.42 Å². The van der Waals surface area contributed by atoms with Crippen molar-refractivity contribution in [1.29, 1.82) is 0 Å². The first kappa shape index (κ1) is 16.9.